The van der Waals surface area contributed by atoms with Gasteiger partial charge in [-0.05, 0) is 49.6 Å². The maximum atomic E-state index is 13.0. The fourth-order valence-corrected chi connectivity index (χ4v) is 3.71. The molecule has 1 aliphatic rings. The van der Waals surface area contributed by atoms with E-state index in [-0.39, 0.29) is 5.56 Å². The highest BCUT2D eigenvalue weighted by atomic mass is 16.2. The molecular formula is C24H18N6O3. The smallest absolute Gasteiger partial charge is 0.276 e. The Bertz CT molecular complexity index is 1410. The molecule has 0 aliphatic carbocycles. The minimum atomic E-state index is -0.923. The summed E-state index contributed by atoms with van der Waals surface area (Å²) in [5.74, 6) is -1.31. The second kappa shape index (κ2) is 8.77. The Morgan fingerprint density at radius 1 is 1.15 bits per heavy atom. The number of nitriles is 2. The quantitative estimate of drug-likeness (QED) is 0.640. The van der Waals surface area contributed by atoms with Crippen LogP contribution in [0, 0.1) is 29.6 Å². The fraction of sp³-hybridized carbons (Fsp3) is 0.167. The van der Waals surface area contributed by atoms with E-state index in [0.717, 1.165) is 5.56 Å². The molecule has 0 fully saturated rings. The van der Waals surface area contributed by atoms with Gasteiger partial charge >= 0.3 is 0 Å². The number of hydrogen-bond acceptors (Lipinski definition) is 6. The number of fused-ring (bicyclic) bond motifs is 1. The van der Waals surface area contributed by atoms with Crippen LogP contribution in [0.3, 0.4) is 0 Å². The lowest BCUT2D eigenvalue weighted by molar-refractivity contribution is -0.118. The van der Waals surface area contributed by atoms with Crippen LogP contribution in [0.25, 0.3) is 5.69 Å². The lowest BCUT2D eigenvalue weighted by Crippen LogP contribution is -2.45. The van der Waals surface area contributed by atoms with E-state index in [1.807, 2.05) is 18.2 Å². The molecule has 4 rings (SSSR count). The first kappa shape index (κ1) is 21.5. The summed E-state index contributed by atoms with van der Waals surface area (Å²) in [5.41, 5.74) is 1.19. The first-order valence-electron chi connectivity index (χ1n) is 10.2. The molecular weight excluding hydrogens is 420 g/mol. The van der Waals surface area contributed by atoms with Crippen LogP contribution in [0.15, 0.2) is 53.3 Å². The normalized spacial score (nSPS) is 14.8. The number of rotatable bonds is 3. The Morgan fingerprint density at radius 2 is 1.91 bits per heavy atom. The maximum Gasteiger partial charge on any atom is 0.276 e. The SMILES string of the molecule is Cc1c(C#N)c(=O)c(C(=O)NC2CCc3ccc(C#N)cc3NC2=O)nn1-c1ccccc1. The second-order valence-corrected chi connectivity index (χ2v) is 7.54. The molecule has 2 heterocycles. The van der Waals surface area contributed by atoms with Crippen molar-refractivity contribution in [2.24, 2.45) is 0 Å². The molecule has 1 atom stereocenters. The third-order valence-corrected chi connectivity index (χ3v) is 5.47. The van der Waals surface area contributed by atoms with Gasteiger partial charge in [0.1, 0.15) is 17.7 Å². The Hall–Kier alpha value is -4.76. The van der Waals surface area contributed by atoms with Crippen molar-refractivity contribution in [2.75, 3.05) is 5.32 Å². The van der Waals surface area contributed by atoms with E-state index < -0.39 is 29.0 Å². The maximum absolute atomic E-state index is 13.0. The van der Waals surface area contributed by atoms with Crippen LogP contribution in [-0.2, 0) is 11.2 Å². The van der Waals surface area contributed by atoms with Crippen LogP contribution < -0.4 is 16.1 Å². The van der Waals surface area contributed by atoms with Crippen molar-refractivity contribution in [1.82, 2.24) is 15.1 Å². The van der Waals surface area contributed by atoms with Crippen molar-refractivity contribution in [3.05, 3.63) is 86.8 Å². The summed E-state index contributed by atoms with van der Waals surface area (Å²) in [6, 6.07) is 16.8. The van der Waals surface area contributed by atoms with Crippen molar-refractivity contribution < 1.29 is 9.59 Å². The first-order valence-corrected chi connectivity index (χ1v) is 10.2. The lowest BCUT2D eigenvalue weighted by Gasteiger charge is -2.16. The summed E-state index contributed by atoms with van der Waals surface area (Å²) in [4.78, 5) is 38.5. The summed E-state index contributed by atoms with van der Waals surface area (Å²) in [5, 5.41) is 28.1. The van der Waals surface area contributed by atoms with Gasteiger partial charge in [0, 0.05) is 5.69 Å². The van der Waals surface area contributed by atoms with E-state index in [4.69, 9.17) is 5.26 Å². The van der Waals surface area contributed by atoms with Gasteiger partial charge in [0.2, 0.25) is 11.3 Å². The van der Waals surface area contributed by atoms with Crippen LogP contribution in [-0.4, -0.2) is 27.6 Å². The van der Waals surface area contributed by atoms with Crippen molar-refractivity contribution in [3.63, 3.8) is 0 Å². The van der Waals surface area contributed by atoms with Crippen LogP contribution in [0.4, 0.5) is 5.69 Å². The predicted molar refractivity (Wildman–Crippen MR) is 119 cm³/mol. The van der Waals surface area contributed by atoms with Gasteiger partial charge in [-0.15, -0.1) is 0 Å². The lowest BCUT2D eigenvalue weighted by atomic mass is 10.0. The minimum absolute atomic E-state index is 0.194. The molecule has 3 aromatic rings. The second-order valence-electron chi connectivity index (χ2n) is 7.54. The van der Waals surface area contributed by atoms with Gasteiger partial charge in [0.05, 0.1) is 23.0 Å². The van der Waals surface area contributed by atoms with E-state index in [9.17, 15) is 19.6 Å². The number of hydrogen-bond donors (Lipinski definition) is 2. The molecule has 0 saturated carbocycles. The largest absolute Gasteiger partial charge is 0.339 e. The molecule has 1 aliphatic heterocycles. The summed E-state index contributed by atoms with van der Waals surface area (Å²) in [6.07, 6.45) is 0.768. The fourth-order valence-electron chi connectivity index (χ4n) is 3.71. The molecule has 1 aromatic heterocycles. The minimum Gasteiger partial charge on any atom is -0.339 e. The summed E-state index contributed by atoms with van der Waals surface area (Å²) in [7, 11) is 0. The Labute approximate surface area is 188 Å². The monoisotopic (exact) mass is 438 g/mol. The highest BCUT2D eigenvalue weighted by Crippen LogP contribution is 2.23. The number of nitrogens with zero attached hydrogens (tertiary/aromatic N) is 4. The number of anilines is 1. The van der Waals surface area contributed by atoms with Crippen molar-refractivity contribution >= 4 is 17.5 Å². The summed E-state index contributed by atoms with van der Waals surface area (Å²) in [6.45, 7) is 1.58. The average molecular weight is 438 g/mol. The molecule has 0 radical (unpaired) electrons. The van der Waals surface area contributed by atoms with Gasteiger partial charge in [0.15, 0.2) is 5.69 Å². The van der Waals surface area contributed by atoms with Crippen LogP contribution in [0.2, 0.25) is 0 Å². The molecule has 0 bridgehead atoms. The standard InChI is InChI=1S/C24H18N6O3/c1-14-18(13-26)22(31)21(29-30(14)17-5-3-2-4-6-17)24(33)27-19-10-9-16-8-7-15(12-25)11-20(16)28-23(19)32/h2-8,11,19H,9-10H2,1H3,(H,27,33)(H,28,32). The number of nitrogens with one attached hydrogen (secondary N) is 2. The van der Waals surface area contributed by atoms with E-state index in [1.165, 1.54) is 4.68 Å². The number of amides is 2. The molecule has 33 heavy (non-hydrogen) atoms. The molecule has 2 N–H and O–H groups in total. The van der Waals surface area contributed by atoms with Gasteiger partial charge in [-0.25, -0.2) is 4.68 Å². The molecule has 0 saturated heterocycles. The Morgan fingerprint density at radius 3 is 2.61 bits per heavy atom. The van der Waals surface area contributed by atoms with Gasteiger partial charge in [-0.2, -0.15) is 15.6 Å². The highest BCUT2D eigenvalue weighted by molar-refractivity contribution is 6.01. The number of aromatic nitrogens is 2. The highest BCUT2D eigenvalue weighted by Gasteiger charge is 2.28. The van der Waals surface area contributed by atoms with Gasteiger partial charge < -0.3 is 10.6 Å². The van der Waals surface area contributed by atoms with Gasteiger partial charge in [-0.3, -0.25) is 14.4 Å². The van der Waals surface area contributed by atoms with E-state index in [2.05, 4.69) is 15.7 Å². The molecule has 2 aromatic carbocycles. The molecule has 0 spiro atoms. The summed E-state index contributed by atoms with van der Waals surface area (Å²) < 4.78 is 1.36. The first-order chi connectivity index (χ1) is 15.9. The zero-order valence-corrected chi connectivity index (χ0v) is 17.6. The molecule has 9 nitrogen and oxygen atoms in total. The van der Waals surface area contributed by atoms with Crippen LogP contribution >= 0.6 is 0 Å². The van der Waals surface area contributed by atoms with Crippen molar-refractivity contribution in [2.45, 2.75) is 25.8 Å². The molecule has 1 unspecified atom stereocenters. The molecule has 162 valence electrons. The summed E-state index contributed by atoms with van der Waals surface area (Å²) >= 11 is 0. The van der Waals surface area contributed by atoms with Gasteiger partial charge in [0.25, 0.3) is 5.91 Å². The Balaban J connectivity index is 1.65. The molecule has 2 amide bonds. The molecule has 9 heteroatoms. The topological polar surface area (TPSA) is 141 Å². The van der Waals surface area contributed by atoms with Crippen LogP contribution in [0.5, 0.6) is 0 Å². The average Bonchev–Trinajstić information content (AvgIpc) is 2.97. The van der Waals surface area contributed by atoms with Crippen LogP contribution in [0.1, 0.15) is 39.3 Å². The number of aryl methyl sites for hydroxylation is 1. The van der Waals surface area contributed by atoms with E-state index >= 15 is 0 Å². The van der Waals surface area contributed by atoms with Crippen molar-refractivity contribution in [1.29, 1.82) is 10.5 Å². The number of para-hydroxylation sites is 1. The van der Waals surface area contributed by atoms with Gasteiger partial charge in [-0.1, -0.05) is 24.3 Å². The predicted octanol–water partition coefficient (Wildman–Crippen LogP) is 1.97. The number of carbonyl (C=O) groups excluding carboxylic acids is 2. The number of benzene rings is 2. The third-order valence-electron chi connectivity index (χ3n) is 5.47. The zero-order chi connectivity index (χ0) is 23.5. The zero-order valence-electron chi connectivity index (χ0n) is 17.6. The third kappa shape index (κ3) is 4.08. The van der Waals surface area contributed by atoms with Crippen molar-refractivity contribution in [3.8, 4) is 17.8 Å². The number of carbonyl (C=O) groups is 2. The van der Waals surface area contributed by atoms with E-state index in [0.29, 0.717) is 35.5 Å². The van der Waals surface area contributed by atoms with E-state index in [1.54, 1.807) is 49.4 Å². The Kier molecular flexibility index (Phi) is 5.71.